The molecule has 1 aliphatic heterocycles. The average Bonchev–Trinajstić information content (AvgIpc) is 3.18. The average molecular weight is 351 g/mol. The Kier molecular flexibility index (Phi) is 4.94. The number of carbonyl (C=O) groups is 2. The monoisotopic (exact) mass is 351 g/mol. The van der Waals surface area contributed by atoms with E-state index in [4.69, 9.17) is 10.5 Å². The molecule has 2 N–H and O–H groups in total. The molecule has 1 aliphatic carbocycles. The molecule has 24 heavy (non-hydrogen) atoms. The van der Waals surface area contributed by atoms with Crippen molar-refractivity contribution in [1.29, 1.82) is 0 Å². The molecule has 1 spiro atoms. The lowest BCUT2D eigenvalue weighted by atomic mass is 9.97. The third kappa shape index (κ3) is 3.48. The zero-order chi connectivity index (χ0) is 17.3. The van der Waals surface area contributed by atoms with E-state index >= 15 is 0 Å². The van der Waals surface area contributed by atoms with E-state index < -0.39 is 5.91 Å². The smallest absolute Gasteiger partial charge is 0.264 e. The number of primary amides is 1. The second-order valence-electron chi connectivity index (χ2n) is 7.08. The van der Waals surface area contributed by atoms with Crippen LogP contribution >= 0.6 is 11.3 Å². The van der Waals surface area contributed by atoms with Crippen molar-refractivity contribution in [2.75, 3.05) is 33.8 Å². The van der Waals surface area contributed by atoms with Crippen LogP contribution in [-0.2, 0) is 4.74 Å². The largest absolute Gasteiger partial charge is 0.371 e. The van der Waals surface area contributed by atoms with E-state index in [-0.39, 0.29) is 17.6 Å². The van der Waals surface area contributed by atoms with Gasteiger partial charge in [0, 0.05) is 6.54 Å². The van der Waals surface area contributed by atoms with E-state index in [0.29, 0.717) is 22.9 Å². The lowest BCUT2D eigenvalue weighted by Crippen LogP contribution is -2.59. The van der Waals surface area contributed by atoms with Gasteiger partial charge in [-0.2, -0.15) is 0 Å². The van der Waals surface area contributed by atoms with Crippen molar-refractivity contribution in [2.45, 2.75) is 37.3 Å². The van der Waals surface area contributed by atoms with Crippen LogP contribution in [0.25, 0.3) is 0 Å². The lowest BCUT2D eigenvalue weighted by Gasteiger charge is -2.46. The van der Waals surface area contributed by atoms with E-state index in [1.54, 1.807) is 12.1 Å². The number of thiophene rings is 1. The van der Waals surface area contributed by atoms with Crippen molar-refractivity contribution < 1.29 is 14.3 Å². The first kappa shape index (κ1) is 17.4. The topological polar surface area (TPSA) is 75.9 Å². The molecular formula is C17H25N3O3S. The van der Waals surface area contributed by atoms with Gasteiger partial charge >= 0.3 is 0 Å². The number of hydrogen-bond donors (Lipinski definition) is 1. The number of hydrogen-bond acceptors (Lipinski definition) is 5. The summed E-state index contributed by atoms with van der Waals surface area (Å²) in [7, 11) is 4.00. The summed E-state index contributed by atoms with van der Waals surface area (Å²) in [6.45, 7) is 1.96. The highest BCUT2D eigenvalue weighted by molar-refractivity contribution is 7.15. The number of carbonyl (C=O) groups excluding carboxylic acids is 2. The zero-order valence-electron chi connectivity index (χ0n) is 14.3. The van der Waals surface area contributed by atoms with Gasteiger partial charge in [-0.1, -0.05) is 12.8 Å². The molecule has 1 unspecified atom stereocenters. The lowest BCUT2D eigenvalue weighted by molar-refractivity contribution is -0.121. The summed E-state index contributed by atoms with van der Waals surface area (Å²) in [6, 6.07) is 3.36. The Bertz CT molecular complexity index is 622. The summed E-state index contributed by atoms with van der Waals surface area (Å²) in [5.41, 5.74) is 5.13. The van der Waals surface area contributed by atoms with Gasteiger partial charge in [-0.3, -0.25) is 9.59 Å². The van der Waals surface area contributed by atoms with Crippen molar-refractivity contribution in [3.05, 3.63) is 21.9 Å². The maximum absolute atomic E-state index is 13.1. The predicted molar refractivity (Wildman–Crippen MR) is 93.4 cm³/mol. The molecule has 6 nitrogen and oxygen atoms in total. The summed E-state index contributed by atoms with van der Waals surface area (Å²) in [4.78, 5) is 29.4. The quantitative estimate of drug-likeness (QED) is 0.893. The summed E-state index contributed by atoms with van der Waals surface area (Å²) < 4.78 is 6.21. The number of rotatable bonds is 4. The van der Waals surface area contributed by atoms with E-state index in [1.165, 1.54) is 11.3 Å². The first-order valence-corrected chi connectivity index (χ1v) is 9.21. The summed E-state index contributed by atoms with van der Waals surface area (Å²) >= 11 is 1.17. The van der Waals surface area contributed by atoms with Crippen molar-refractivity contribution in [1.82, 2.24) is 9.80 Å². The minimum atomic E-state index is -0.488. The second-order valence-corrected chi connectivity index (χ2v) is 8.16. The molecule has 0 radical (unpaired) electrons. The molecule has 1 aromatic heterocycles. The van der Waals surface area contributed by atoms with Gasteiger partial charge in [0.05, 0.1) is 34.5 Å². The molecule has 2 fully saturated rings. The number of nitrogens with zero attached hydrogens (tertiary/aromatic N) is 2. The fourth-order valence-corrected chi connectivity index (χ4v) is 4.52. The van der Waals surface area contributed by atoms with Gasteiger partial charge in [-0.15, -0.1) is 11.3 Å². The molecular weight excluding hydrogens is 326 g/mol. The van der Waals surface area contributed by atoms with Crippen molar-refractivity contribution in [2.24, 2.45) is 5.73 Å². The van der Waals surface area contributed by atoms with Crippen LogP contribution in [-0.4, -0.2) is 67.0 Å². The molecule has 1 saturated carbocycles. The molecule has 2 aliphatic rings. The molecule has 2 heterocycles. The number of likely N-dealkylation sites (N-methyl/N-ethyl adjacent to an activating group) is 1. The molecule has 7 heteroatoms. The Morgan fingerprint density at radius 3 is 2.58 bits per heavy atom. The Morgan fingerprint density at radius 2 is 2.00 bits per heavy atom. The van der Waals surface area contributed by atoms with E-state index in [9.17, 15) is 9.59 Å². The van der Waals surface area contributed by atoms with Crippen LogP contribution in [0.5, 0.6) is 0 Å². The molecule has 1 atom stereocenters. The second kappa shape index (κ2) is 6.82. The third-order valence-corrected chi connectivity index (χ3v) is 5.98. The minimum Gasteiger partial charge on any atom is -0.371 e. The van der Waals surface area contributed by atoms with Gasteiger partial charge in [0.2, 0.25) is 0 Å². The standard InChI is InChI=1S/C17H25N3O3S/c1-19(2)9-12-10-23-17(7-3-4-8-17)11-20(12)16(22)14-6-5-13(24-14)15(18)21/h5-6,12H,3-4,7-11H2,1-2H3,(H2,18,21). The number of ether oxygens (including phenoxy) is 1. The number of nitrogens with two attached hydrogens (primary N) is 1. The first-order valence-electron chi connectivity index (χ1n) is 8.39. The van der Waals surface area contributed by atoms with Gasteiger partial charge in [0.1, 0.15) is 0 Å². The zero-order valence-corrected chi connectivity index (χ0v) is 15.1. The van der Waals surface area contributed by atoms with Gasteiger partial charge in [-0.25, -0.2) is 0 Å². The van der Waals surface area contributed by atoms with Crippen LogP contribution < -0.4 is 5.73 Å². The number of morpholine rings is 1. The summed E-state index contributed by atoms with van der Waals surface area (Å²) in [5, 5.41) is 0. The van der Waals surface area contributed by atoms with E-state index in [1.807, 2.05) is 19.0 Å². The van der Waals surface area contributed by atoms with Crippen LogP contribution in [0.15, 0.2) is 12.1 Å². The Balaban J connectivity index is 1.83. The van der Waals surface area contributed by atoms with Crippen LogP contribution in [0.4, 0.5) is 0 Å². The highest BCUT2D eigenvalue weighted by atomic mass is 32.1. The number of amides is 2. The molecule has 1 saturated heterocycles. The fourth-order valence-electron chi connectivity index (χ4n) is 3.71. The maximum atomic E-state index is 13.1. The van der Waals surface area contributed by atoms with Crippen LogP contribution in [0.3, 0.4) is 0 Å². The van der Waals surface area contributed by atoms with Crippen molar-refractivity contribution >= 4 is 23.2 Å². The van der Waals surface area contributed by atoms with Crippen molar-refractivity contribution in [3.8, 4) is 0 Å². The first-order chi connectivity index (χ1) is 11.4. The molecule has 2 amide bonds. The Labute approximate surface area is 146 Å². The molecule has 0 bridgehead atoms. The minimum absolute atomic E-state index is 0.0195. The van der Waals surface area contributed by atoms with Crippen LogP contribution in [0, 0.1) is 0 Å². The van der Waals surface area contributed by atoms with Crippen molar-refractivity contribution in [3.63, 3.8) is 0 Å². The maximum Gasteiger partial charge on any atom is 0.264 e. The highest BCUT2D eigenvalue weighted by Gasteiger charge is 2.44. The van der Waals surface area contributed by atoms with Gasteiger partial charge in [0.15, 0.2) is 0 Å². The highest BCUT2D eigenvalue weighted by Crippen LogP contribution is 2.38. The summed E-state index contributed by atoms with van der Waals surface area (Å²) in [5.74, 6) is -0.507. The van der Waals surface area contributed by atoms with E-state index in [0.717, 1.165) is 32.2 Å². The molecule has 1 aromatic rings. The molecule has 0 aromatic carbocycles. The predicted octanol–water partition coefficient (Wildman–Crippen LogP) is 1.56. The Morgan fingerprint density at radius 1 is 1.33 bits per heavy atom. The third-order valence-electron chi connectivity index (χ3n) is 4.89. The van der Waals surface area contributed by atoms with Gasteiger partial charge < -0.3 is 20.3 Å². The normalized spacial score (nSPS) is 23.1. The SMILES string of the molecule is CN(C)CC1COC2(CCCC2)CN1C(=O)c1ccc(C(N)=O)s1. The van der Waals surface area contributed by atoms with Gasteiger partial charge in [-0.05, 0) is 39.1 Å². The molecule has 3 rings (SSSR count). The Hall–Kier alpha value is -1.44. The van der Waals surface area contributed by atoms with Gasteiger partial charge in [0.25, 0.3) is 11.8 Å². The fraction of sp³-hybridized carbons (Fsp3) is 0.647. The summed E-state index contributed by atoms with van der Waals surface area (Å²) in [6.07, 6.45) is 4.35. The van der Waals surface area contributed by atoms with Crippen LogP contribution in [0.1, 0.15) is 45.0 Å². The van der Waals surface area contributed by atoms with E-state index in [2.05, 4.69) is 4.90 Å². The molecule has 132 valence electrons. The van der Waals surface area contributed by atoms with Crippen LogP contribution in [0.2, 0.25) is 0 Å².